The Morgan fingerprint density at radius 1 is 1.14 bits per heavy atom. The van der Waals surface area contributed by atoms with Crippen molar-refractivity contribution < 1.29 is 9.50 Å². The van der Waals surface area contributed by atoms with E-state index in [0.29, 0.717) is 17.7 Å². The molecule has 0 aliphatic rings. The largest absolute Gasteiger partial charge is 0.505 e. The van der Waals surface area contributed by atoms with Crippen molar-refractivity contribution in [1.29, 1.82) is 0 Å². The van der Waals surface area contributed by atoms with Gasteiger partial charge in [-0.05, 0) is 17.7 Å². The highest BCUT2D eigenvalue weighted by Crippen LogP contribution is 2.18. The summed E-state index contributed by atoms with van der Waals surface area (Å²) in [6.07, 6.45) is 3.30. The summed E-state index contributed by atoms with van der Waals surface area (Å²) in [5, 5.41) is 9.23. The minimum absolute atomic E-state index is 0.260. The number of aromatic hydroxyl groups is 1. The fourth-order valence-corrected chi connectivity index (χ4v) is 2.22. The number of halogens is 1. The van der Waals surface area contributed by atoms with Crippen LogP contribution in [-0.4, -0.2) is 14.7 Å². The van der Waals surface area contributed by atoms with Crippen LogP contribution in [0.2, 0.25) is 0 Å². The topological polar surface area (TPSA) is 55.1 Å². The van der Waals surface area contributed by atoms with Crippen molar-refractivity contribution in [2.75, 3.05) is 0 Å². The number of rotatable bonds is 3. The molecule has 1 aromatic heterocycles. The highest BCUT2D eigenvalue weighted by atomic mass is 19.1. The van der Waals surface area contributed by atoms with Gasteiger partial charge in [0, 0.05) is 24.2 Å². The summed E-state index contributed by atoms with van der Waals surface area (Å²) in [6.45, 7) is 0. The number of phenolic OH excluding ortho intramolecular Hbond substituents is 1. The van der Waals surface area contributed by atoms with Crippen molar-refractivity contribution in [3.8, 4) is 11.4 Å². The smallest absolute Gasteiger partial charge is 0.261 e. The van der Waals surface area contributed by atoms with E-state index in [4.69, 9.17) is 0 Å². The number of benzene rings is 2. The van der Waals surface area contributed by atoms with Gasteiger partial charge in [-0.1, -0.05) is 30.3 Å². The zero-order chi connectivity index (χ0) is 15.5. The maximum Gasteiger partial charge on any atom is 0.261 e. The minimum atomic E-state index is -0.780. The second-order valence-electron chi connectivity index (χ2n) is 4.89. The highest BCUT2D eigenvalue weighted by molar-refractivity contribution is 5.38. The molecule has 0 saturated carbocycles. The molecule has 1 N–H and O–H groups in total. The fraction of sp³-hybridized carbons (Fsp3) is 0.0588. The Hall–Kier alpha value is -2.95. The zero-order valence-corrected chi connectivity index (χ0v) is 11.6. The van der Waals surface area contributed by atoms with Crippen molar-refractivity contribution in [1.82, 2.24) is 9.55 Å². The molecule has 3 aromatic rings. The SMILES string of the molecule is O=c1c(Cc2ccccc2)cncn1-c1ccc(O)c(F)c1. The summed E-state index contributed by atoms with van der Waals surface area (Å²) in [4.78, 5) is 16.6. The van der Waals surface area contributed by atoms with Crippen LogP contribution >= 0.6 is 0 Å². The van der Waals surface area contributed by atoms with Gasteiger partial charge in [0.15, 0.2) is 11.6 Å². The average Bonchev–Trinajstić information content (AvgIpc) is 2.53. The quantitative estimate of drug-likeness (QED) is 0.808. The molecule has 2 aromatic carbocycles. The molecular weight excluding hydrogens is 283 g/mol. The first-order chi connectivity index (χ1) is 10.6. The molecule has 0 spiro atoms. The van der Waals surface area contributed by atoms with E-state index in [1.54, 1.807) is 0 Å². The maximum absolute atomic E-state index is 13.5. The van der Waals surface area contributed by atoms with Gasteiger partial charge in [0.25, 0.3) is 5.56 Å². The molecule has 0 atom stereocenters. The third-order valence-electron chi connectivity index (χ3n) is 3.35. The van der Waals surface area contributed by atoms with E-state index < -0.39 is 11.6 Å². The van der Waals surface area contributed by atoms with Gasteiger partial charge in [-0.3, -0.25) is 9.36 Å². The molecule has 4 nitrogen and oxygen atoms in total. The van der Waals surface area contributed by atoms with Crippen LogP contribution in [0.3, 0.4) is 0 Å². The van der Waals surface area contributed by atoms with Gasteiger partial charge in [0.1, 0.15) is 6.33 Å². The number of nitrogens with zero attached hydrogens (tertiary/aromatic N) is 2. The van der Waals surface area contributed by atoms with E-state index in [1.165, 1.54) is 29.2 Å². The van der Waals surface area contributed by atoms with Gasteiger partial charge in [-0.15, -0.1) is 0 Å². The Kier molecular flexibility index (Phi) is 3.70. The number of phenols is 1. The molecule has 22 heavy (non-hydrogen) atoms. The second-order valence-corrected chi connectivity index (χ2v) is 4.89. The van der Waals surface area contributed by atoms with Crippen LogP contribution in [0, 0.1) is 5.82 Å². The van der Waals surface area contributed by atoms with Crippen molar-refractivity contribution in [3.63, 3.8) is 0 Å². The average molecular weight is 296 g/mol. The van der Waals surface area contributed by atoms with E-state index in [-0.39, 0.29) is 5.56 Å². The lowest BCUT2D eigenvalue weighted by Crippen LogP contribution is -2.22. The first kappa shape index (κ1) is 14.0. The normalized spacial score (nSPS) is 10.6. The monoisotopic (exact) mass is 296 g/mol. The van der Waals surface area contributed by atoms with Crippen LogP contribution < -0.4 is 5.56 Å². The van der Waals surface area contributed by atoms with Crippen LogP contribution in [0.5, 0.6) is 5.75 Å². The molecule has 3 rings (SSSR count). The van der Waals surface area contributed by atoms with Gasteiger partial charge in [-0.2, -0.15) is 0 Å². The summed E-state index contributed by atoms with van der Waals surface area (Å²) in [5.41, 5.74) is 1.57. The van der Waals surface area contributed by atoms with Crippen molar-refractivity contribution in [3.05, 3.63) is 88.4 Å². The summed E-state index contributed by atoms with van der Waals surface area (Å²) in [6, 6.07) is 13.3. The molecule has 0 unspecified atom stereocenters. The van der Waals surface area contributed by atoms with Crippen LogP contribution in [0.25, 0.3) is 5.69 Å². The predicted octanol–water partition coefficient (Wildman–Crippen LogP) is 2.67. The van der Waals surface area contributed by atoms with Crippen LogP contribution in [0.4, 0.5) is 4.39 Å². The Morgan fingerprint density at radius 2 is 1.91 bits per heavy atom. The Bertz CT molecular complexity index is 860. The second kappa shape index (κ2) is 5.81. The van der Waals surface area contributed by atoms with E-state index in [1.807, 2.05) is 30.3 Å². The van der Waals surface area contributed by atoms with Crippen molar-refractivity contribution in [2.24, 2.45) is 0 Å². The lowest BCUT2D eigenvalue weighted by atomic mass is 10.1. The lowest BCUT2D eigenvalue weighted by molar-refractivity contribution is 0.432. The van der Waals surface area contributed by atoms with Gasteiger partial charge >= 0.3 is 0 Å². The van der Waals surface area contributed by atoms with Crippen LogP contribution in [0.15, 0.2) is 65.8 Å². The Balaban J connectivity index is 2.02. The third-order valence-corrected chi connectivity index (χ3v) is 3.35. The molecule has 0 aliphatic heterocycles. The van der Waals surface area contributed by atoms with Gasteiger partial charge in [0.2, 0.25) is 0 Å². The molecule has 0 saturated heterocycles. The molecule has 1 heterocycles. The number of hydrogen-bond acceptors (Lipinski definition) is 3. The Morgan fingerprint density at radius 3 is 2.64 bits per heavy atom. The van der Waals surface area contributed by atoms with Crippen molar-refractivity contribution in [2.45, 2.75) is 6.42 Å². The molecule has 0 amide bonds. The lowest BCUT2D eigenvalue weighted by Gasteiger charge is -2.08. The van der Waals surface area contributed by atoms with Gasteiger partial charge in [0.05, 0.1) is 5.69 Å². The standard InChI is InChI=1S/C17H13FN2O2/c18-15-9-14(6-7-16(15)21)20-11-19-10-13(17(20)22)8-12-4-2-1-3-5-12/h1-7,9-11,21H,8H2. The third kappa shape index (κ3) is 2.74. The summed E-state index contributed by atoms with van der Waals surface area (Å²) < 4.78 is 14.7. The maximum atomic E-state index is 13.5. The van der Waals surface area contributed by atoms with E-state index in [9.17, 15) is 14.3 Å². The fourth-order valence-electron chi connectivity index (χ4n) is 2.22. The molecule has 0 fully saturated rings. The van der Waals surface area contributed by atoms with Crippen LogP contribution in [0.1, 0.15) is 11.1 Å². The predicted molar refractivity (Wildman–Crippen MR) is 80.7 cm³/mol. The zero-order valence-electron chi connectivity index (χ0n) is 11.6. The minimum Gasteiger partial charge on any atom is -0.505 e. The van der Waals surface area contributed by atoms with E-state index in [2.05, 4.69) is 4.98 Å². The van der Waals surface area contributed by atoms with Gasteiger partial charge < -0.3 is 5.11 Å². The summed E-state index contributed by atoms with van der Waals surface area (Å²) in [5.74, 6) is -1.23. The molecular formula is C17H13FN2O2. The Labute approximate surface area is 126 Å². The molecule has 5 heteroatoms. The molecule has 0 bridgehead atoms. The van der Waals surface area contributed by atoms with Gasteiger partial charge in [-0.25, -0.2) is 9.37 Å². The first-order valence-corrected chi connectivity index (χ1v) is 6.73. The summed E-state index contributed by atoms with van der Waals surface area (Å²) >= 11 is 0. The van der Waals surface area contributed by atoms with E-state index in [0.717, 1.165) is 11.6 Å². The van der Waals surface area contributed by atoms with Crippen LogP contribution in [-0.2, 0) is 6.42 Å². The number of aromatic nitrogens is 2. The molecule has 110 valence electrons. The van der Waals surface area contributed by atoms with E-state index >= 15 is 0 Å². The molecule has 0 radical (unpaired) electrons. The number of hydrogen-bond donors (Lipinski definition) is 1. The summed E-state index contributed by atoms with van der Waals surface area (Å²) in [7, 11) is 0. The molecule has 0 aliphatic carbocycles. The highest BCUT2D eigenvalue weighted by Gasteiger charge is 2.09. The first-order valence-electron chi connectivity index (χ1n) is 6.73. The van der Waals surface area contributed by atoms with Crippen molar-refractivity contribution >= 4 is 0 Å².